The first-order valence-electron chi connectivity index (χ1n) is 8.59. The molecule has 0 aliphatic rings. The van der Waals surface area contributed by atoms with Crippen LogP contribution in [0.3, 0.4) is 0 Å². The molecule has 0 radical (unpaired) electrons. The van der Waals surface area contributed by atoms with Gasteiger partial charge in [-0.2, -0.15) is 4.72 Å². The third kappa shape index (κ3) is 6.98. The van der Waals surface area contributed by atoms with Crippen LogP contribution in [0.4, 0.5) is 5.69 Å². The molecule has 8 heteroatoms. The van der Waals surface area contributed by atoms with Crippen molar-refractivity contribution >= 4 is 33.7 Å². The molecule has 0 spiro atoms. The van der Waals surface area contributed by atoms with Crippen LogP contribution in [0, 0.1) is 0 Å². The van der Waals surface area contributed by atoms with E-state index in [9.17, 15) is 18.0 Å². The summed E-state index contributed by atoms with van der Waals surface area (Å²) in [6, 6.07) is 16.4. The number of carbonyl (C=O) groups is 2. The topological polar surface area (TPSA) is 102 Å². The maximum atomic E-state index is 12.1. The van der Waals surface area contributed by atoms with E-state index in [0.717, 1.165) is 5.41 Å². The number of sulfonamides is 1. The predicted molar refractivity (Wildman–Crippen MR) is 108 cm³/mol. The summed E-state index contributed by atoms with van der Waals surface area (Å²) in [5.41, 5.74) is 1.27. The van der Waals surface area contributed by atoms with Crippen molar-refractivity contribution in [1.29, 1.82) is 0 Å². The fourth-order valence-electron chi connectivity index (χ4n) is 2.16. The molecule has 0 saturated carbocycles. The Kier molecular flexibility index (Phi) is 7.48. The van der Waals surface area contributed by atoms with E-state index in [0.29, 0.717) is 11.3 Å². The minimum Gasteiger partial charge on any atom is -0.451 e. The van der Waals surface area contributed by atoms with Crippen LogP contribution in [0.1, 0.15) is 19.4 Å². The molecule has 0 aliphatic heterocycles. The number of amides is 1. The molecule has 2 N–H and O–H groups in total. The standard InChI is InChI=1S/C20H22N2O5S/c1-15(22-28(25,26)14-13-17-9-5-3-6-10-17)20(24)27-16(2)19(23)21-18-11-7-4-8-12-18/h3-16,22H,1-2H3,(H,21,23)/b14-13+/t15-,16-/m0/s1. The van der Waals surface area contributed by atoms with E-state index in [-0.39, 0.29) is 0 Å². The lowest BCUT2D eigenvalue weighted by Gasteiger charge is -2.17. The van der Waals surface area contributed by atoms with Crippen LogP contribution >= 0.6 is 0 Å². The van der Waals surface area contributed by atoms with Gasteiger partial charge in [0.1, 0.15) is 6.04 Å². The van der Waals surface area contributed by atoms with Crippen molar-refractivity contribution in [3.8, 4) is 0 Å². The van der Waals surface area contributed by atoms with Gasteiger partial charge >= 0.3 is 5.97 Å². The van der Waals surface area contributed by atoms with Gasteiger partial charge < -0.3 is 10.1 Å². The summed E-state index contributed by atoms with van der Waals surface area (Å²) in [5, 5.41) is 3.58. The second-order valence-corrected chi connectivity index (χ2v) is 7.63. The molecule has 2 atom stereocenters. The van der Waals surface area contributed by atoms with Crippen molar-refractivity contribution in [2.75, 3.05) is 5.32 Å². The van der Waals surface area contributed by atoms with Gasteiger partial charge in [-0.25, -0.2) is 8.42 Å². The number of anilines is 1. The fourth-order valence-corrected chi connectivity index (χ4v) is 3.17. The van der Waals surface area contributed by atoms with Crippen LogP contribution in [-0.4, -0.2) is 32.4 Å². The summed E-state index contributed by atoms with van der Waals surface area (Å²) < 4.78 is 31.4. The molecule has 0 saturated heterocycles. The van der Waals surface area contributed by atoms with Gasteiger partial charge in [0.2, 0.25) is 10.0 Å². The average Bonchev–Trinajstić information content (AvgIpc) is 2.67. The highest BCUT2D eigenvalue weighted by Gasteiger charge is 2.24. The van der Waals surface area contributed by atoms with E-state index in [1.807, 2.05) is 6.07 Å². The van der Waals surface area contributed by atoms with Crippen LogP contribution < -0.4 is 10.0 Å². The molecular formula is C20H22N2O5S. The number of hydrogen-bond donors (Lipinski definition) is 2. The van der Waals surface area contributed by atoms with E-state index in [2.05, 4.69) is 10.0 Å². The number of para-hydroxylation sites is 1. The van der Waals surface area contributed by atoms with Crippen LogP contribution in [0.2, 0.25) is 0 Å². The van der Waals surface area contributed by atoms with Crippen molar-refractivity contribution in [3.63, 3.8) is 0 Å². The highest BCUT2D eigenvalue weighted by molar-refractivity contribution is 7.92. The first kappa shape index (κ1) is 21.3. The van der Waals surface area contributed by atoms with Gasteiger partial charge in [-0.1, -0.05) is 48.5 Å². The van der Waals surface area contributed by atoms with E-state index < -0.39 is 34.0 Å². The molecule has 0 aliphatic carbocycles. The van der Waals surface area contributed by atoms with E-state index >= 15 is 0 Å². The molecule has 2 rings (SSSR count). The highest BCUT2D eigenvalue weighted by Crippen LogP contribution is 2.08. The molecule has 0 unspecified atom stereocenters. The third-order valence-electron chi connectivity index (χ3n) is 3.64. The SMILES string of the molecule is C[C@H](NS(=O)(=O)/C=C/c1ccccc1)C(=O)O[C@@H](C)C(=O)Nc1ccccc1. The molecule has 1 amide bonds. The Morgan fingerprint density at radius 3 is 2.14 bits per heavy atom. The second kappa shape index (κ2) is 9.82. The van der Waals surface area contributed by atoms with Gasteiger partial charge in [0, 0.05) is 11.1 Å². The Morgan fingerprint density at radius 2 is 1.54 bits per heavy atom. The average molecular weight is 402 g/mol. The molecule has 0 aromatic heterocycles. The Labute approximate surface area is 164 Å². The van der Waals surface area contributed by atoms with Crippen molar-refractivity contribution in [1.82, 2.24) is 4.72 Å². The molecule has 0 fully saturated rings. The lowest BCUT2D eigenvalue weighted by molar-refractivity contribution is -0.154. The van der Waals surface area contributed by atoms with E-state index in [1.54, 1.807) is 54.6 Å². The lowest BCUT2D eigenvalue weighted by Crippen LogP contribution is -2.41. The van der Waals surface area contributed by atoms with Crippen molar-refractivity contribution in [2.24, 2.45) is 0 Å². The normalized spacial score (nSPS) is 13.6. The van der Waals surface area contributed by atoms with Gasteiger partial charge in [0.15, 0.2) is 6.10 Å². The van der Waals surface area contributed by atoms with Gasteiger partial charge in [-0.3, -0.25) is 9.59 Å². The predicted octanol–water partition coefficient (Wildman–Crippen LogP) is 2.54. The molecule has 0 bridgehead atoms. The van der Waals surface area contributed by atoms with E-state index in [1.165, 1.54) is 19.9 Å². The van der Waals surface area contributed by atoms with Gasteiger partial charge in [0.25, 0.3) is 5.91 Å². The van der Waals surface area contributed by atoms with Crippen LogP contribution in [0.25, 0.3) is 6.08 Å². The van der Waals surface area contributed by atoms with Crippen LogP contribution in [0.15, 0.2) is 66.1 Å². The summed E-state index contributed by atoms with van der Waals surface area (Å²) in [6.45, 7) is 2.75. The van der Waals surface area contributed by atoms with Gasteiger partial charge in [-0.15, -0.1) is 0 Å². The maximum Gasteiger partial charge on any atom is 0.324 e. The Hall–Kier alpha value is -2.97. The molecule has 7 nitrogen and oxygen atoms in total. The Morgan fingerprint density at radius 1 is 0.964 bits per heavy atom. The lowest BCUT2D eigenvalue weighted by atomic mass is 10.2. The largest absolute Gasteiger partial charge is 0.451 e. The third-order valence-corrected chi connectivity index (χ3v) is 4.81. The fraction of sp³-hybridized carbons (Fsp3) is 0.200. The molecule has 148 valence electrons. The van der Waals surface area contributed by atoms with Crippen molar-refractivity contribution in [2.45, 2.75) is 26.0 Å². The first-order valence-corrected chi connectivity index (χ1v) is 10.1. The molecule has 2 aromatic carbocycles. The van der Waals surface area contributed by atoms with Gasteiger partial charge in [-0.05, 0) is 37.6 Å². The summed E-state index contributed by atoms with van der Waals surface area (Å²) in [6.07, 6.45) is 0.329. The second-order valence-electron chi connectivity index (χ2n) is 6.03. The quantitative estimate of drug-likeness (QED) is 0.661. The molecular weight excluding hydrogens is 380 g/mol. The Balaban J connectivity index is 1.89. The summed E-state index contributed by atoms with van der Waals surface area (Å²) in [5.74, 6) is -1.37. The van der Waals surface area contributed by atoms with Crippen LogP contribution in [-0.2, 0) is 24.3 Å². The number of rotatable bonds is 8. The number of hydrogen-bond acceptors (Lipinski definition) is 5. The molecule has 2 aromatic rings. The number of esters is 1. The maximum absolute atomic E-state index is 12.1. The van der Waals surface area contributed by atoms with Gasteiger partial charge in [0.05, 0.1) is 0 Å². The monoisotopic (exact) mass is 402 g/mol. The van der Waals surface area contributed by atoms with Crippen LogP contribution in [0.5, 0.6) is 0 Å². The summed E-state index contributed by atoms with van der Waals surface area (Å²) >= 11 is 0. The van der Waals surface area contributed by atoms with Crippen molar-refractivity contribution < 1.29 is 22.7 Å². The highest BCUT2D eigenvalue weighted by atomic mass is 32.2. The molecule has 0 heterocycles. The minimum atomic E-state index is -3.86. The zero-order valence-corrected chi connectivity index (χ0v) is 16.3. The first-order chi connectivity index (χ1) is 13.3. The summed E-state index contributed by atoms with van der Waals surface area (Å²) in [7, 11) is -3.86. The van der Waals surface area contributed by atoms with Crippen molar-refractivity contribution in [3.05, 3.63) is 71.6 Å². The summed E-state index contributed by atoms with van der Waals surface area (Å²) in [4.78, 5) is 24.2. The zero-order chi connectivity index (χ0) is 20.6. The minimum absolute atomic E-state index is 0.515. The van der Waals surface area contributed by atoms with E-state index in [4.69, 9.17) is 4.74 Å². The number of nitrogens with one attached hydrogen (secondary N) is 2. The smallest absolute Gasteiger partial charge is 0.324 e. The number of carbonyl (C=O) groups excluding carboxylic acids is 2. The Bertz CT molecular complexity index is 928. The number of ether oxygens (including phenoxy) is 1. The molecule has 28 heavy (non-hydrogen) atoms. The zero-order valence-electron chi connectivity index (χ0n) is 15.5. The number of benzene rings is 2.